The van der Waals surface area contributed by atoms with E-state index >= 15 is 0 Å². The summed E-state index contributed by atoms with van der Waals surface area (Å²) in [6.07, 6.45) is 0.0340. The molecule has 0 spiro atoms. The zero-order valence-corrected chi connectivity index (χ0v) is 10.7. The number of rotatable bonds is 5. The zero-order chi connectivity index (χ0) is 14.4. The van der Waals surface area contributed by atoms with Gasteiger partial charge in [-0.25, -0.2) is 9.59 Å². The lowest BCUT2D eigenvalue weighted by molar-refractivity contribution is -0.145. The third kappa shape index (κ3) is 4.40. The van der Waals surface area contributed by atoms with E-state index in [1.54, 1.807) is 0 Å². The van der Waals surface area contributed by atoms with Crippen LogP contribution in [0.15, 0.2) is 0 Å². The smallest absolute Gasteiger partial charge is 0.326 e. The van der Waals surface area contributed by atoms with Gasteiger partial charge in [0.05, 0.1) is 25.7 Å². The average molecular weight is 274 g/mol. The topological polar surface area (TPSA) is 116 Å². The first-order chi connectivity index (χ1) is 8.95. The number of nitrogens with one attached hydrogen (secondary N) is 1. The molecule has 0 saturated carbocycles. The van der Waals surface area contributed by atoms with Gasteiger partial charge >= 0.3 is 18.0 Å². The first kappa shape index (κ1) is 15.2. The Morgan fingerprint density at radius 2 is 2.11 bits per heavy atom. The molecule has 108 valence electrons. The number of carbonyl (C=O) groups is 3. The van der Waals surface area contributed by atoms with E-state index in [0.29, 0.717) is 26.2 Å². The predicted octanol–water partition coefficient (Wildman–Crippen LogP) is -0.265. The number of ether oxygens (including phenoxy) is 1. The molecule has 8 heteroatoms. The molecule has 2 atom stereocenters. The lowest BCUT2D eigenvalue weighted by Gasteiger charge is -2.35. The molecule has 3 N–H and O–H groups in total. The first-order valence-corrected chi connectivity index (χ1v) is 6.05. The van der Waals surface area contributed by atoms with Crippen molar-refractivity contribution in [1.82, 2.24) is 10.2 Å². The molecule has 19 heavy (non-hydrogen) atoms. The van der Waals surface area contributed by atoms with Crippen LogP contribution in [0.2, 0.25) is 0 Å². The minimum atomic E-state index is -1.43. The maximum absolute atomic E-state index is 12.0. The number of amides is 2. The van der Waals surface area contributed by atoms with E-state index in [-0.39, 0.29) is 6.04 Å². The van der Waals surface area contributed by atoms with Crippen molar-refractivity contribution in [1.29, 1.82) is 0 Å². The number of aliphatic carboxylic acids is 2. The minimum absolute atomic E-state index is 0.118. The molecular formula is C11H18N2O6. The number of hydrogen-bond acceptors (Lipinski definition) is 4. The first-order valence-electron chi connectivity index (χ1n) is 6.05. The lowest BCUT2D eigenvalue weighted by atomic mass is 10.2. The molecule has 0 bridgehead atoms. The molecule has 1 unspecified atom stereocenters. The van der Waals surface area contributed by atoms with E-state index in [9.17, 15) is 14.4 Å². The standard InChI is InChI=1S/C11H18N2O6/c1-2-7-6-19-4-3-13(7)11(18)12-8(10(16)17)5-9(14)15/h7-8H,2-6H2,1H3,(H,12,18)(H,14,15)(H,16,17)/t7?,8-/m1/s1. The number of hydrogen-bond donors (Lipinski definition) is 3. The summed E-state index contributed by atoms with van der Waals surface area (Å²) in [5.41, 5.74) is 0. The summed E-state index contributed by atoms with van der Waals surface area (Å²) in [6, 6.07) is -2.11. The molecule has 1 fully saturated rings. The summed E-state index contributed by atoms with van der Waals surface area (Å²) >= 11 is 0. The molecule has 2 amide bonds. The Labute approximate surface area is 110 Å². The molecular weight excluding hydrogens is 256 g/mol. The Hall–Kier alpha value is -1.83. The molecule has 0 aromatic rings. The summed E-state index contributed by atoms with van der Waals surface area (Å²) in [5, 5.41) is 19.7. The van der Waals surface area contributed by atoms with Crippen molar-refractivity contribution in [2.45, 2.75) is 31.8 Å². The summed E-state index contributed by atoms with van der Waals surface area (Å²) in [4.78, 5) is 34.9. The second-order valence-corrected chi connectivity index (χ2v) is 4.27. The Morgan fingerprint density at radius 1 is 1.42 bits per heavy atom. The Bertz CT molecular complexity index is 359. The highest BCUT2D eigenvalue weighted by molar-refractivity contribution is 5.86. The van der Waals surface area contributed by atoms with Gasteiger partial charge in [0.15, 0.2) is 0 Å². The van der Waals surface area contributed by atoms with Crippen LogP contribution in [0.4, 0.5) is 4.79 Å². The Kier molecular flexibility index (Phi) is 5.56. The van der Waals surface area contributed by atoms with Gasteiger partial charge in [-0.05, 0) is 6.42 Å². The maximum Gasteiger partial charge on any atom is 0.326 e. The van der Waals surface area contributed by atoms with E-state index < -0.39 is 30.4 Å². The van der Waals surface area contributed by atoms with E-state index in [4.69, 9.17) is 14.9 Å². The Morgan fingerprint density at radius 3 is 2.63 bits per heavy atom. The average Bonchev–Trinajstić information content (AvgIpc) is 2.37. The molecule has 0 radical (unpaired) electrons. The normalized spacial score (nSPS) is 20.7. The van der Waals surface area contributed by atoms with Crippen LogP contribution in [-0.2, 0) is 14.3 Å². The highest BCUT2D eigenvalue weighted by Crippen LogP contribution is 2.10. The molecule has 0 aromatic carbocycles. The van der Waals surface area contributed by atoms with Gasteiger partial charge in [0, 0.05) is 6.54 Å². The molecule has 0 aromatic heterocycles. The highest BCUT2D eigenvalue weighted by atomic mass is 16.5. The second-order valence-electron chi connectivity index (χ2n) is 4.27. The van der Waals surface area contributed by atoms with Crippen LogP contribution in [0, 0.1) is 0 Å². The number of nitrogens with zero attached hydrogens (tertiary/aromatic N) is 1. The predicted molar refractivity (Wildman–Crippen MR) is 63.8 cm³/mol. The fraction of sp³-hybridized carbons (Fsp3) is 0.727. The van der Waals surface area contributed by atoms with Crippen molar-refractivity contribution in [3.8, 4) is 0 Å². The van der Waals surface area contributed by atoms with Crippen molar-refractivity contribution >= 4 is 18.0 Å². The van der Waals surface area contributed by atoms with E-state index in [2.05, 4.69) is 5.32 Å². The summed E-state index contributed by atoms with van der Waals surface area (Å²) in [7, 11) is 0. The van der Waals surface area contributed by atoms with E-state index in [0.717, 1.165) is 0 Å². The van der Waals surface area contributed by atoms with E-state index in [1.807, 2.05) is 6.92 Å². The SMILES string of the molecule is CCC1COCCN1C(=O)N[C@H](CC(=O)O)C(=O)O. The summed E-state index contributed by atoms with van der Waals surface area (Å²) in [6.45, 7) is 3.05. The number of carbonyl (C=O) groups excluding carboxylic acids is 1. The van der Waals surface area contributed by atoms with Gasteiger partial charge in [0.1, 0.15) is 6.04 Å². The number of carboxylic acid groups (broad SMARTS) is 2. The van der Waals surface area contributed by atoms with Crippen LogP contribution in [0.5, 0.6) is 0 Å². The zero-order valence-electron chi connectivity index (χ0n) is 10.7. The van der Waals surface area contributed by atoms with Crippen molar-refractivity contribution < 1.29 is 29.3 Å². The van der Waals surface area contributed by atoms with Crippen LogP contribution < -0.4 is 5.32 Å². The Balaban J connectivity index is 2.64. The number of morpholine rings is 1. The summed E-state index contributed by atoms with van der Waals surface area (Å²) in [5.74, 6) is -2.64. The van der Waals surface area contributed by atoms with Crippen LogP contribution >= 0.6 is 0 Å². The van der Waals surface area contributed by atoms with Crippen LogP contribution in [-0.4, -0.2) is 64.9 Å². The third-order valence-corrected chi connectivity index (χ3v) is 2.93. The molecule has 1 saturated heterocycles. The van der Waals surface area contributed by atoms with Crippen LogP contribution in [0.3, 0.4) is 0 Å². The van der Waals surface area contributed by atoms with Gasteiger partial charge in [-0.3, -0.25) is 4.79 Å². The molecule has 1 heterocycles. The molecule has 1 aliphatic heterocycles. The van der Waals surface area contributed by atoms with Gasteiger partial charge in [0.2, 0.25) is 0 Å². The van der Waals surface area contributed by atoms with Gasteiger partial charge in [-0.15, -0.1) is 0 Å². The van der Waals surface area contributed by atoms with Gasteiger partial charge in [-0.2, -0.15) is 0 Å². The lowest BCUT2D eigenvalue weighted by Crippen LogP contribution is -2.55. The molecule has 0 aliphatic carbocycles. The van der Waals surface area contributed by atoms with E-state index in [1.165, 1.54) is 4.90 Å². The van der Waals surface area contributed by atoms with Gasteiger partial charge in [-0.1, -0.05) is 6.92 Å². The van der Waals surface area contributed by atoms with Crippen molar-refractivity contribution in [3.05, 3.63) is 0 Å². The van der Waals surface area contributed by atoms with Crippen LogP contribution in [0.25, 0.3) is 0 Å². The second kappa shape index (κ2) is 6.93. The largest absolute Gasteiger partial charge is 0.481 e. The molecule has 1 rings (SSSR count). The highest BCUT2D eigenvalue weighted by Gasteiger charge is 2.30. The van der Waals surface area contributed by atoms with Crippen molar-refractivity contribution in [2.75, 3.05) is 19.8 Å². The maximum atomic E-state index is 12.0. The fourth-order valence-electron chi connectivity index (χ4n) is 1.87. The molecule has 1 aliphatic rings. The number of carboxylic acids is 2. The van der Waals surface area contributed by atoms with Crippen molar-refractivity contribution in [2.24, 2.45) is 0 Å². The number of urea groups is 1. The quantitative estimate of drug-likeness (QED) is 0.635. The minimum Gasteiger partial charge on any atom is -0.481 e. The fourth-order valence-corrected chi connectivity index (χ4v) is 1.87. The van der Waals surface area contributed by atoms with Gasteiger partial charge < -0.3 is 25.2 Å². The molecule has 8 nitrogen and oxygen atoms in total. The summed E-state index contributed by atoms with van der Waals surface area (Å²) < 4.78 is 5.24. The third-order valence-electron chi connectivity index (χ3n) is 2.93. The monoisotopic (exact) mass is 274 g/mol. The van der Waals surface area contributed by atoms with Crippen molar-refractivity contribution in [3.63, 3.8) is 0 Å². The van der Waals surface area contributed by atoms with Gasteiger partial charge in [0.25, 0.3) is 0 Å². The van der Waals surface area contributed by atoms with Crippen LogP contribution in [0.1, 0.15) is 19.8 Å².